The number of aliphatic carboxylic acids is 1. The molecule has 4 nitrogen and oxygen atoms in total. The van der Waals surface area contributed by atoms with E-state index in [1.165, 1.54) is 17.7 Å². The highest BCUT2D eigenvalue weighted by atomic mass is 16.4. The Morgan fingerprint density at radius 3 is 2.26 bits per heavy atom. The highest BCUT2D eigenvalue weighted by molar-refractivity contribution is 5.86. The van der Waals surface area contributed by atoms with E-state index in [4.69, 9.17) is 5.11 Å². The minimum atomic E-state index is -0.885. The molecule has 2 heterocycles. The van der Waals surface area contributed by atoms with Crippen LogP contribution < -0.4 is 0 Å². The average Bonchev–Trinajstić information content (AvgIpc) is 2.44. The van der Waals surface area contributed by atoms with Crippen LogP contribution in [0, 0.1) is 0 Å². The number of likely N-dealkylation sites (tertiary alicyclic amines) is 2. The SMILES string of the molecule is C=C(CN1CCCCC1=C1CC(C)(C)N(C)C(C)(C)C1)C(=O)O. The predicted octanol–water partition coefficient (Wildman–Crippen LogP) is 3.65. The number of carboxylic acid groups (broad SMARTS) is 1. The summed E-state index contributed by atoms with van der Waals surface area (Å²) < 4.78 is 0. The van der Waals surface area contributed by atoms with Gasteiger partial charge in [-0.15, -0.1) is 0 Å². The van der Waals surface area contributed by atoms with Crippen molar-refractivity contribution in [2.75, 3.05) is 20.1 Å². The lowest BCUT2D eigenvalue weighted by atomic mass is 9.76. The van der Waals surface area contributed by atoms with Crippen LogP contribution in [0.2, 0.25) is 0 Å². The Labute approximate surface area is 140 Å². The van der Waals surface area contributed by atoms with Gasteiger partial charge in [0, 0.05) is 35.4 Å². The Balaban J connectivity index is 2.32. The van der Waals surface area contributed by atoms with E-state index in [-0.39, 0.29) is 16.7 Å². The Hall–Kier alpha value is -1.29. The molecule has 1 N–H and O–H groups in total. The maximum absolute atomic E-state index is 11.2. The number of rotatable bonds is 3. The quantitative estimate of drug-likeness (QED) is 0.806. The highest BCUT2D eigenvalue weighted by Gasteiger charge is 2.42. The Kier molecular flexibility index (Phi) is 4.95. The third-order valence-electron chi connectivity index (χ3n) is 5.67. The molecule has 0 spiro atoms. The molecule has 0 aliphatic carbocycles. The Morgan fingerprint density at radius 2 is 1.74 bits per heavy atom. The van der Waals surface area contributed by atoms with Gasteiger partial charge in [0.15, 0.2) is 0 Å². The van der Waals surface area contributed by atoms with Gasteiger partial charge in [0.25, 0.3) is 0 Å². The molecule has 4 heteroatoms. The smallest absolute Gasteiger partial charge is 0.332 e. The van der Waals surface area contributed by atoms with Crippen LogP contribution in [0.5, 0.6) is 0 Å². The van der Waals surface area contributed by atoms with Crippen LogP contribution in [0.3, 0.4) is 0 Å². The molecule has 0 bridgehead atoms. The lowest BCUT2D eigenvalue weighted by Gasteiger charge is -2.53. The predicted molar refractivity (Wildman–Crippen MR) is 94.4 cm³/mol. The molecule has 2 rings (SSSR count). The van der Waals surface area contributed by atoms with Crippen molar-refractivity contribution in [1.82, 2.24) is 9.80 Å². The van der Waals surface area contributed by atoms with Gasteiger partial charge in [-0.3, -0.25) is 4.90 Å². The van der Waals surface area contributed by atoms with E-state index in [9.17, 15) is 4.79 Å². The molecule has 0 aromatic carbocycles. The van der Waals surface area contributed by atoms with Gasteiger partial charge >= 0.3 is 5.97 Å². The van der Waals surface area contributed by atoms with Crippen molar-refractivity contribution in [2.45, 2.75) is 70.9 Å². The fourth-order valence-corrected chi connectivity index (χ4v) is 4.13. The van der Waals surface area contributed by atoms with E-state index in [0.29, 0.717) is 6.54 Å². The maximum Gasteiger partial charge on any atom is 0.332 e. The number of hydrogen-bond donors (Lipinski definition) is 1. The molecule has 2 aliphatic rings. The van der Waals surface area contributed by atoms with Gasteiger partial charge in [0.05, 0.1) is 0 Å². The first-order valence-electron chi connectivity index (χ1n) is 8.65. The third kappa shape index (κ3) is 3.79. The fourth-order valence-electron chi connectivity index (χ4n) is 4.13. The van der Waals surface area contributed by atoms with E-state index in [1.807, 2.05) is 0 Å². The van der Waals surface area contributed by atoms with Crippen molar-refractivity contribution in [3.63, 3.8) is 0 Å². The summed E-state index contributed by atoms with van der Waals surface area (Å²) in [6.07, 6.45) is 5.51. The summed E-state index contributed by atoms with van der Waals surface area (Å²) in [7, 11) is 2.21. The summed E-state index contributed by atoms with van der Waals surface area (Å²) >= 11 is 0. The number of carbonyl (C=O) groups is 1. The van der Waals surface area contributed by atoms with Crippen LogP contribution in [0.25, 0.3) is 0 Å². The van der Waals surface area contributed by atoms with Crippen LogP contribution in [-0.2, 0) is 4.79 Å². The van der Waals surface area contributed by atoms with Crippen molar-refractivity contribution < 1.29 is 9.90 Å². The summed E-state index contributed by atoms with van der Waals surface area (Å²) in [5.41, 5.74) is 3.42. The number of hydrogen-bond acceptors (Lipinski definition) is 3. The zero-order valence-electron chi connectivity index (χ0n) is 15.4. The number of piperidine rings is 2. The van der Waals surface area contributed by atoms with Gasteiger partial charge in [-0.25, -0.2) is 4.79 Å². The maximum atomic E-state index is 11.2. The molecule has 0 unspecified atom stereocenters. The zero-order chi connectivity index (χ0) is 17.4. The van der Waals surface area contributed by atoms with Gasteiger partial charge in [-0.05, 0) is 72.4 Å². The molecule has 2 fully saturated rings. The second kappa shape index (κ2) is 6.31. The molecule has 23 heavy (non-hydrogen) atoms. The van der Waals surface area contributed by atoms with Crippen molar-refractivity contribution >= 4 is 5.97 Å². The lowest BCUT2D eigenvalue weighted by Crippen LogP contribution is -2.57. The van der Waals surface area contributed by atoms with Crippen molar-refractivity contribution in [3.8, 4) is 0 Å². The van der Waals surface area contributed by atoms with Crippen LogP contribution in [0.1, 0.15) is 59.8 Å². The lowest BCUT2D eigenvalue weighted by molar-refractivity contribution is -0.132. The second-order valence-electron chi connectivity index (χ2n) is 8.38. The van der Waals surface area contributed by atoms with Gasteiger partial charge in [-0.1, -0.05) is 6.58 Å². The van der Waals surface area contributed by atoms with Crippen LogP contribution in [0.4, 0.5) is 0 Å². The minimum Gasteiger partial charge on any atom is -0.478 e. The monoisotopic (exact) mass is 320 g/mol. The van der Waals surface area contributed by atoms with Gasteiger partial charge in [0.1, 0.15) is 0 Å². The number of allylic oxidation sites excluding steroid dienone is 1. The molecular weight excluding hydrogens is 288 g/mol. The van der Waals surface area contributed by atoms with Crippen molar-refractivity contribution in [2.24, 2.45) is 0 Å². The molecule has 0 radical (unpaired) electrons. The van der Waals surface area contributed by atoms with E-state index >= 15 is 0 Å². The molecule has 130 valence electrons. The van der Waals surface area contributed by atoms with Gasteiger partial charge < -0.3 is 10.0 Å². The van der Waals surface area contributed by atoms with E-state index in [0.717, 1.165) is 32.2 Å². The molecule has 2 saturated heterocycles. The molecule has 0 aromatic heterocycles. The fraction of sp³-hybridized carbons (Fsp3) is 0.737. The highest BCUT2D eigenvalue weighted by Crippen LogP contribution is 2.42. The topological polar surface area (TPSA) is 43.8 Å². The largest absolute Gasteiger partial charge is 0.478 e. The van der Waals surface area contributed by atoms with Crippen LogP contribution in [0.15, 0.2) is 23.4 Å². The second-order valence-corrected chi connectivity index (χ2v) is 8.38. The van der Waals surface area contributed by atoms with Crippen molar-refractivity contribution in [1.29, 1.82) is 0 Å². The number of carboxylic acids is 1. The summed E-state index contributed by atoms with van der Waals surface area (Å²) in [5, 5.41) is 9.16. The number of nitrogens with zero attached hydrogens (tertiary/aromatic N) is 2. The summed E-state index contributed by atoms with van der Waals surface area (Å²) in [6, 6.07) is 0. The Bertz CT molecular complexity index is 511. The van der Waals surface area contributed by atoms with E-state index in [1.54, 1.807) is 0 Å². The molecule has 2 aliphatic heterocycles. The summed E-state index contributed by atoms with van der Waals surface area (Å²) in [6.45, 7) is 14.3. The molecule has 0 amide bonds. The van der Waals surface area contributed by atoms with Crippen LogP contribution >= 0.6 is 0 Å². The zero-order valence-corrected chi connectivity index (χ0v) is 15.4. The first kappa shape index (κ1) is 18.1. The van der Waals surface area contributed by atoms with Crippen molar-refractivity contribution in [3.05, 3.63) is 23.4 Å². The molecule has 0 atom stereocenters. The summed E-state index contributed by atoms with van der Waals surface area (Å²) in [4.78, 5) is 15.9. The third-order valence-corrected chi connectivity index (χ3v) is 5.67. The van der Waals surface area contributed by atoms with Gasteiger partial charge in [-0.2, -0.15) is 0 Å². The first-order chi connectivity index (χ1) is 10.5. The summed E-state index contributed by atoms with van der Waals surface area (Å²) in [5.74, 6) is -0.885. The standard InChI is InChI=1S/C19H32N2O2/c1-14(17(22)23)13-21-10-8-7-9-16(21)15-11-18(2,3)20(6)19(4,5)12-15/h1,7-13H2,2-6H3,(H,22,23). The Morgan fingerprint density at radius 1 is 1.17 bits per heavy atom. The van der Waals surface area contributed by atoms with E-state index in [2.05, 4.69) is 51.1 Å². The molecular formula is C19H32N2O2. The average molecular weight is 320 g/mol. The normalized spacial score (nSPS) is 24.7. The van der Waals surface area contributed by atoms with E-state index < -0.39 is 5.97 Å². The molecule has 0 aromatic rings. The first-order valence-corrected chi connectivity index (χ1v) is 8.65. The van der Waals surface area contributed by atoms with Gasteiger partial charge in [0.2, 0.25) is 0 Å². The van der Waals surface area contributed by atoms with Crippen LogP contribution in [-0.4, -0.2) is 52.1 Å². The minimum absolute atomic E-state index is 0.122. The molecule has 0 saturated carbocycles.